The number of rotatable bonds is 7. The number of nitrogens with zero attached hydrogens (tertiary/aromatic N) is 2. The van der Waals surface area contributed by atoms with E-state index in [4.69, 9.17) is 5.11 Å². The number of nitrogens with one attached hydrogen (secondary N) is 1. The third kappa shape index (κ3) is 4.01. The van der Waals surface area contributed by atoms with Crippen LogP contribution in [0, 0.1) is 0 Å². The molecule has 6 heteroatoms. The summed E-state index contributed by atoms with van der Waals surface area (Å²) in [5.74, 6) is -1.02. The Balaban J connectivity index is 2.00. The fourth-order valence-corrected chi connectivity index (χ4v) is 2.78. The molecule has 24 heavy (non-hydrogen) atoms. The molecular weight excluding hydrogens is 306 g/mol. The van der Waals surface area contributed by atoms with Crippen molar-refractivity contribution < 1.29 is 14.7 Å². The van der Waals surface area contributed by atoms with Gasteiger partial charge < -0.3 is 10.4 Å². The van der Waals surface area contributed by atoms with Crippen molar-refractivity contribution in [3.8, 4) is 0 Å². The Hall–Kier alpha value is -2.63. The minimum Gasteiger partial charge on any atom is -0.478 e. The largest absolute Gasteiger partial charge is 0.478 e. The monoisotopic (exact) mass is 329 g/mol. The second kappa shape index (κ2) is 7.77. The summed E-state index contributed by atoms with van der Waals surface area (Å²) in [6.07, 6.45) is 1.95. The minimum absolute atomic E-state index is 0.0605. The van der Waals surface area contributed by atoms with Crippen molar-refractivity contribution in [2.45, 2.75) is 39.7 Å². The van der Waals surface area contributed by atoms with E-state index >= 15 is 0 Å². The van der Waals surface area contributed by atoms with Gasteiger partial charge in [-0.25, -0.2) is 4.79 Å². The highest BCUT2D eigenvalue weighted by molar-refractivity contribution is 5.87. The first-order valence-corrected chi connectivity index (χ1v) is 8.08. The van der Waals surface area contributed by atoms with Crippen molar-refractivity contribution in [2.75, 3.05) is 0 Å². The van der Waals surface area contributed by atoms with Gasteiger partial charge in [0.1, 0.15) is 0 Å². The van der Waals surface area contributed by atoms with E-state index in [0.29, 0.717) is 13.0 Å². The Morgan fingerprint density at radius 1 is 1.17 bits per heavy atom. The molecule has 0 aliphatic rings. The van der Waals surface area contributed by atoms with Gasteiger partial charge in [-0.3, -0.25) is 9.48 Å². The number of aromatic nitrogens is 2. The Labute approximate surface area is 141 Å². The van der Waals surface area contributed by atoms with Gasteiger partial charge in [0.25, 0.3) is 0 Å². The summed E-state index contributed by atoms with van der Waals surface area (Å²) in [7, 11) is 1.91. The van der Waals surface area contributed by atoms with Crippen LogP contribution in [0.15, 0.2) is 24.3 Å². The lowest BCUT2D eigenvalue weighted by Crippen LogP contribution is -2.25. The quantitative estimate of drug-likeness (QED) is 0.815. The Bertz CT molecular complexity index is 733. The molecule has 0 aliphatic carbocycles. The highest BCUT2D eigenvalue weighted by atomic mass is 16.4. The van der Waals surface area contributed by atoms with E-state index in [1.54, 1.807) is 12.1 Å². The summed E-state index contributed by atoms with van der Waals surface area (Å²) < 4.78 is 1.85. The van der Waals surface area contributed by atoms with Crippen molar-refractivity contribution in [1.82, 2.24) is 15.1 Å². The zero-order valence-electron chi connectivity index (χ0n) is 14.3. The number of benzene rings is 1. The maximum atomic E-state index is 12.3. The molecule has 0 spiro atoms. The van der Waals surface area contributed by atoms with E-state index < -0.39 is 5.97 Å². The summed E-state index contributed by atoms with van der Waals surface area (Å²) in [4.78, 5) is 23.1. The smallest absolute Gasteiger partial charge is 0.335 e. The maximum Gasteiger partial charge on any atom is 0.335 e. The molecule has 1 aromatic carbocycles. The number of carboxylic acid groups (broad SMARTS) is 1. The average molecular weight is 329 g/mol. The van der Waals surface area contributed by atoms with Crippen LogP contribution in [-0.2, 0) is 37.6 Å². The molecule has 128 valence electrons. The number of aryl methyl sites for hydroxylation is 2. The molecule has 2 N–H and O–H groups in total. The SMILES string of the molecule is CCc1nn(C)c(CC)c1CC(=O)NCc1ccc(C(=O)O)cc1. The molecule has 0 unspecified atom stereocenters. The first-order valence-electron chi connectivity index (χ1n) is 8.08. The lowest BCUT2D eigenvalue weighted by molar-refractivity contribution is -0.120. The molecule has 0 bridgehead atoms. The molecule has 0 saturated carbocycles. The number of hydrogen-bond acceptors (Lipinski definition) is 3. The standard InChI is InChI=1S/C18H23N3O3/c1-4-15-14(16(5-2)21(3)20-15)10-17(22)19-11-12-6-8-13(9-7-12)18(23)24/h6-9H,4-5,10-11H2,1-3H3,(H,19,22)(H,23,24). The van der Waals surface area contributed by atoms with Crippen molar-refractivity contribution >= 4 is 11.9 Å². The number of aromatic carboxylic acids is 1. The zero-order chi connectivity index (χ0) is 17.7. The Morgan fingerprint density at radius 2 is 1.83 bits per heavy atom. The molecular formula is C18H23N3O3. The van der Waals surface area contributed by atoms with Crippen molar-refractivity contribution in [1.29, 1.82) is 0 Å². The van der Waals surface area contributed by atoms with Crippen LogP contribution in [0.2, 0.25) is 0 Å². The molecule has 1 aromatic heterocycles. The molecule has 6 nitrogen and oxygen atoms in total. The van der Waals surface area contributed by atoms with E-state index in [2.05, 4.69) is 17.3 Å². The van der Waals surface area contributed by atoms with Gasteiger partial charge in [-0.2, -0.15) is 5.10 Å². The summed E-state index contributed by atoms with van der Waals surface area (Å²) >= 11 is 0. The normalized spacial score (nSPS) is 10.6. The molecule has 1 amide bonds. The topological polar surface area (TPSA) is 84.2 Å². The van der Waals surface area contributed by atoms with E-state index in [1.165, 1.54) is 12.1 Å². The second-order valence-corrected chi connectivity index (χ2v) is 5.66. The van der Waals surface area contributed by atoms with Crippen LogP contribution in [0.25, 0.3) is 0 Å². The number of carboxylic acids is 1. The summed E-state index contributed by atoms with van der Waals surface area (Å²) in [5, 5.41) is 16.2. The highest BCUT2D eigenvalue weighted by Gasteiger charge is 2.16. The van der Waals surface area contributed by atoms with Crippen LogP contribution in [0.1, 0.15) is 46.7 Å². The van der Waals surface area contributed by atoms with Gasteiger partial charge in [-0.05, 0) is 30.5 Å². The summed E-state index contributed by atoms with van der Waals surface area (Å²) in [6.45, 7) is 4.47. The Morgan fingerprint density at radius 3 is 2.38 bits per heavy atom. The van der Waals surface area contributed by atoms with Crippen LogP contribution < -0.4 is 5.32 Å². The van der Waals surface area contributed by atoms with E-state index in [1.807, 2.05) is 18.7 Å². The van der Waals surface area contributed by atoms with Crippen LogP contribution in [0.3, 0.4) is 0 Å². The van der Waals surface area contributed by atoms with Crippen LogP contribution >= 0.6 is 0 Å². The third-order valence-electron chi connectivity index (χ3n) is 4.06. The molecule has 0 saturated heterocycles. The first kappa shape index (κ1) is 17.7. The third-order valence-corrected chi connectivity index (χ3v) is 4.06. The van der Waals surface area contributed by atoms with E-state index in [0.717, 1.165) is 35.4 Å². The van der Waals surface area contributed by atoms with Gasteiger partial charge in [0.15, 0.2) is 0 Å². The molecule has 2 rings (SSSR count). The lowest BCUT2D eigenvalue weighted by Gasteiger charge is -2.08. The predicted molar refractivity (Wildman–Crippen MR) is 90.9 cm³/mol. The average Bonchev–Trinajstić information content (AvgIpc) is 2.88. The molecule has 0 aliphatic heterocycles. The summed E-state index contributed by atoms with van der Waals surface area (Å²) in [5.41, 5.74) is 4.18. The number of hydrogen-bond donors (Lipinski definition) is 2. The maximum absolute atomic E-state index is 12.3. The molecule has 1 heterocycles. The van der Waals surface area contributed by atoms with Gasteiger partial charge in [-0.1, -0.05) is 26.0 Å². The van der Waals surface area contributed by atoms with E-state index in [9.17, 15) is 9.59 Å². The summed E-state index contributed by atoms with van der Waals surface area (Å²) in [6, 6.07) is 6.50. The highest BCUT2D eigenvalue weighted by Crippen LogP contribution is 2.16. The number of carbonyl (C=O) groups is 2. The van der Waals surface area contributed by atoms with E-state index in [-0.39, 0.29) is 11.5 Å². The van der Waals surface area contributed by atoms with Gasteiger partial charge in [0.05, 0.1) is 17.7 Å². The van der Waals surface area contributed by atoms with Crippen LogP contribution in [-0.4, -0.2) is 26.8 Å². The Kier molecular flexibility index (Phi) is 5.73. The van der Waals surface area contributed by atoms with Crippen molar-refractivity contribution in [2.24, 2.45) is 7.05 Å². The fraction of sp³-hybridized carbons (Fsp3) is 0.389. The van der Waals surface area contributed by atoms with Gasteiger partial charge in [0, 0.05) is 24.8 Å². The van der Waals surface area contributed by atoms with Crippen LogP contribution in [0.4, 0.5) is 0 Å². The van der Waals surface area contributed by atoms with Gasteiger partial charge in [-0.15, -0.1) is 0 Å². The fourth-order valence-electron chi connectivity index (χ4n) is 2.78. The second-order valence-electron chi connectivity index (χ2n) is 5.66. The molecule has 0 radical (unpaired) electrons. The lowest BCUT2D eigenvalue weighted by atomic mass is 10.1. The van der Waals surface area contributed by atoms with Gasteiger partial charge in [0.2, 0.25) is 5.91 Å². The first-order chi connectivity index (χ1) is 11.5. The van der Waals surface area contributed by atoms with Crippen LogP contribution in [0.5, 0.6) is 0 Å². The molecule has 0 atom stereocenters. The van der Waals surface area contributed by atoms with Crippen molar-refractivity contribution in [3.05, 3.63) is 52.3 Å². The number of carbonyl (C=O) groups excluding carboxylic acids is 1. The molecule has 2 aromatic rings. The zero-order valence-corrected chi connectivity index (χ0v) is 14.3. The number of amides is 1. The molecule has 0 fully saturated rings. The predicted octanol–water partition coefficient (Wildman–Crippen LogP) is 2.10. The minimum atomic E-state index is -0.957. The van der Waals surface area contributed by atoms with Crippen molar-refractivity contribution in [3.63, 3.8) is 0 Å². The van der Waals surface area contributed by atoms with Gasteiger partial charge >= 0.3 is 5.97 Å².